The molecule has 3 aromatic rings. The highest BCUT2D eigenvalue weighted by Gasteiger charge is 2.43. The van der Waals surface area contributed by atoms with Crippen LogP contribution in [-0.4, -0.2) is 62.1 Å². The lowest BCUT2D eigenvalue weighted by Crippen LogP contribution is -2.34. The fourth-order valence-electron chi connectivity index (χ4n) is 4.45. The smallest absolute Gasteiger partial charge is 0.324 e. The molecule has 1 saturated carbocycles. The zero-order valence-electron chi connectivity index (χ0n) is 17.5. The summed E-state index contributed by atoms with van der Waals surface area (Å²) in [5.74, 6) is 3.58. The number of nitrogens with zero attached hydrogens (tertiary/aromatic N) is 8. The molecule has 2 aliphatic rings. The first-order valence-corrected chi connectivity index (χ1v) is 10.7. The van der Waals surface area contributed by atoms with Crippen molar-refractivity contribution in [1.29, 1.82) is 0 Å². The monoisotopic (exact) mass is 426 g/mol. The molecule has 4 heterocycles. The number of methoxy groups -OCH3 is 1. The molecule has 3 aromatic heterocycles. The van der Waals surface area contributed by atoms with Gasteiger partial charge in [0.15, 0.2) is 5.82 Å². The summed E-state index contributed by atoms with van der Waals surface area (Å²) in [4.78, 5) is 10.9. The van der Waals surface area contributed by atoms with Crippen molar-refractivity contribution in [3.05, 3.63) is 30.5 Å². The average Bonchev–Trinajstić information content (AvgIpc) is 3.18. The number of pyridine rings is 1. The summed E-state index contributed by atoms with van der Waals surface area (Å²) in [5.41, 5.74) is 0.807. The van der Waals surface area contributed by atoms with Crippen LogP contribution in [0.5, 0.6) is 5.88 Å². The van der Waals surface area contributed by atoms with E-state index in [9.17, 15) is 0 Å². The van der Waals surface area contributed by atoms with Gasteiger partial charge in [-0.1, -0.05) is 5.16 Å². The molecule has 164 valence electrons. The normalized spacial score (nSPS) is 21.4. The zero-order chi connectivity index (χ0) is 21.0. The van der Waals surface area contributed by atoms with E-state index in [4.69, 9.17) is 14.0 Å². The molecule has 0 unspecified atom stereocenters. The topological polar surface area (TPSA) is 117 Å². The Kier molecular flexibility index (Phi) is 5.74. The molecule has 2 atom stereocenters. The molecular weight excluding hydrogens is 400 g/mol. The second-order valence-electron chi connectivity index (χ2n) is 8.16. The molecule has 5 rings (SSSR count). The maximum absolute atomic E-state index is 5.84. The Morgan fingerprint density at radius 2 is 2.13 bits per heavy atom. The molecule has 0 bridgehead atoms. The minimum absolute atomic E-state index is 0.380. The van der Waals surface area contributed by atoms with Crippen molar-refractivity contribution in [1.82, 2.24) is 35.3 Å². The summed E-state index contributed by atoms with van der Waals surface area (Å²) in [6.45, 7) is 3.01. The summed E-state index contributed by atoms with van der Waals surface area (Å²) in [5, 5.41) is 15.1. The first kappa shape index (κ1) is 19.9. The van der Waals surface area contributed by atoms with Crippen molar-refractivity contribution in [2.75, 3.05) is 31.7 Å². The predicted octanol–water partition coefficient (Wildman–Crippen LogP) is 1.91. The molecule has 31 heavy (non-hydrogen) atoms. The molecule has 0 spiro atoms. The van der Waals surface area contributed by atoms with Crippen molar-refractivity contribution in [3.8, 4) is 11.6 Å². The van der Waals surface area contributed by atoms with E-state index in [0.717, 1.165) is 43.0 Å². The molecule has 2 fully saturated rings. The highest BCUT2D eigenvalue weighted by Crippen LogP contribution is 2.49. The number of rotatable bonds is 9. The third-order valence-corrected chi connectivity index (χ3v) is 6.20. The maximum Gasteiger partial charge on any atom is 0.324 e. The van der Waals surface area contributed by atoms with E-state index in [0.29, 0.717) is 30.9 Å². The fourth-order valence-corrected chi connectivity index (χ4v) is 4.45. The highest BCUT2D eigenvalue weighted by molar-refractivity contribution is 5.29. The molecule has 11 heteroatoms. The van der Waals surface area contributed by atoms with E-state index < -0.39 is 0 Å². The van der Waals surface area contributed by atoms with E-state index in [1.807, 2.05) is 12.1 Å². The van der Waals surface area contributed by atoms with E-state index in [2.05, 4.69) is 35.5 Å². The number of aromatic nitrogens is 7. The van der Waals surface area contributed by atoms with Crippen LogP contribution in [-0.2, 0) is 11.3 Å². The lowest BCUT2D eigenvalue weighted by molar-refractivity contribution is 0.174. The second kappa shape index (κ2) is 8.96. The lowest BCUT2D eigenvalue weighted by Gasteiger charge is -2.30. The van der Waals surface area contributed by atoms with Crippen LogP contribution in [0.25, 0.3) is 5.69 Å². The third kappa shape index (κ3) is 4.66. The Bertz CT molecular complexity index is 953. The minimum atomic E-state index is 0.380. The van der Waals surface area contributed by atoms with Gasteiger partial charge in [-0.2, -0.15) is 9.67 Å². The van der Waals surface area contributed by atoms with Gasteiger partial charge in [0.1, 0.15) is 12.9 Å². The zero-order valence-corrected chi connectivity index (χ0v) is 17.5. The van der Waals surface area contributed by atoms with Gasteiger partial charge in [-0.25, -0.2) is 4.98 Å². The maximum atomic E-state index is 5.84. The van der Waals surface area contributed by atoms with Gasteiger partial charge >= 0.3 is 6.01 Å². The fraction of sp³-hybridized carbons (Fsp3) is 0.600. The Hall–Kier alpha value is -3.08. The molecule has 1 aliphatic heterocycles. The summed E-state index contributed by atoms with van der Waals surface area (Å²) in [6, 6.07) is 4.37. The van der Waals surface area contributed by atoms with Gasteiger partial charge in [0, 0.05) is 26.3 Å². The Morgan fingerprint density at radius 1 is 1.23 bits per heavy atom. The van der Waals surface area contributed by atoms with Gasteiger partial charge in [0.2, 0.25) is 5.88 Å². The van der Waals surface area contributed by atoms with Gasteiger partial charge in [0.05, 0.1) is 18.5 Å². The van der Waals surface area contributed by atoms with Crippen LogP contribution < -0.4 is 9.64 Å². The van der Waals surface area contributed by atoms with Gasteiger partial charge < -0.3 is 18.9 Å². The van der Waals surface area contributed by atoms with E-state index >= 15 is 0 Å². The quantitative estimate of drug-likeness (QED) is 0.502. The first-order chi connectivity index (χ1) is 15.3. The Labute approximate surface area is 179 Å². The van der Waals surface area contributed by atoms with Crippen LogP contribution in [0.3, 0.4) is 0 Å². The van der Waals surface area contributed by atoms with Crippen molar-refractivity contribution < 1.29 is 14.0 Å². The summed E-state index contributed by atoms with van der Waals surface area (Å²) in [6.07, 6.45) is 7.97. The van der Waals surface area contributed by atoms with Crippen LogP contribution in [0, 0.1) is 17.8 Å². The van der Waals surface area contributed by atoms with Crippen molar-refractivity contribution in [2.45, 2.75) is 32.3 Å². The van der Waals surface area contributed by atoms with Gasteiger partial charge in [-0.05, 0) is 59.9 Å². The van der Waals surface area contributed by atoms with E-state index in [1.54, 1.807) is 18.0 Å². The van der Waals surface area contributed by atoms with Crippen LogP contribution in [0.2, 0.25) is 0 Å². The Morgan fingerprint density at radius 3 is 2.87 bits per heavy atom. The standard InChI is InChI=1S/C20H26N8O3/c1-29-12-18-23-20(31-24-18)27-7-4-14(5-8-27)17-10-15(17)6-9-30-19-3-2-16(11-21-19)28-13-22-25-26-28/h2-3,11,13-15,17H,4-10,12H2,1H3/t15-,17-/m1/s1. The van der Waals surface area contributed by atoms with Crippen LogP contribution >= 0.6 is 0 Å². The first-order valence-electron chi connectivity index (χ1n) is 10.7. The van der Waals surface area contributed by atoms with Crippen molar-refractivity contribution in [3.63, 3.8) is 0 Å². The van der Waals surface area contributed by atoms with E-state index in [1.165, 1.54) is 25.6 Å². The largest absolute Gasteiger partial charge is 0.478 e. The molecule has 1 saturated heterocycles. The molecule has 0 N–H and O–H groups in total. The number of hydrogen-bond donors (Lipinski definition) is 0. The molecule has 0 aromatic carbocycles. The minimum Gasteiger partial charge on any atom is -0.478 e. The van der Waals surface area contributed by atoms with Gasteiger partial charge in [-0.3, -0.25) is 0 Å². The molecule has 1 aliphatic carbocycles. The summed E-state index contributed by atoms with van der Waals surface area (Å²) < 4.78 is 17.8. The number of anilines is 1. The molecule has 0 amide bonds. The second-order valence-corrected chi connectivity index (χ2v) is 8.16. The van der Waals surface area contributed by atoms with Crippen LogP contribution in [0.4, 0.5) is 6.01 Å². The summed E-state index contributed by atoms with van der Waals surface area (Å²) >= 11 is 0. The number of tetrazole rings is 1. The van der Waals surface area contributed by atoms with E-state index in [-0.39, 0.29) is 0 Å². The van der Waals surface area contributed by atoms with Crippen molar-refractivity contribution in [2.24, 2.45) is 17.8 Å². The van der Waals surface area contributed by atoms with Crippen molar-refractivity contribution >= 4 is 6.01 Å². The van der Waals surface area contributed by atoms with Gasteiger partial charge in [-0.15, -0.1) is 5.10 Å². The van der Waals surface area contributed by atoms with Crippen LogP contribution in [0.15, 0.2) is 29.2 Å². The lowest BCUT2D eigenvalue weighted by atomic mass is 9.91. The third-order valence-electron chi connectivity index (χ3n) is 6.20. The average molecular weight is 426 g/mol. The SMILES string of the molecule is COCc1noc(N2CCC([C@H]3C[C@H]3CCOc3ccc(-n4cnnn4)cn3)CC2)n1. The highest BCUT2D eigenvalue weighted by atomic mass is 16.5. The number of ether oxygens (including phenoxy) is 2. The predicted molar refractivity (Wildman–Crippen MR) is 109 cm³/mol. The van der Waals surface area contributed by atoms with Gasteiger partial charge in [0.25, 0.3) is 0 Å². The molecular formula is C20H26N8O3. The molecule has 0 radical (unpaired) electrons. The number of hydrogen-bond acceptors (Lipinski definition) is 10. The number of piperidine rings is 1. The van der Waals surface area contributed by atoms with Crippen LogP contribution in [0.1, 0.15) is 31.5 Å². The molecule has 11 nitrogen and oxygen atoms in total. The Balaban J connectivity index is 1.02. The summed E-state index contributed by atoms with van der Waals surface area (Å²) in [7, 11) is 1.63.